The molecule has 43 heavy (non-hydrogen) atoms. The zero-order chi connectivity index (χ0) is 34.7. The predicted octanol–water partition coefficient (Wildman–Crippen LogP) is 10.6. The van der Waals surface area contributed by atoms with Gasteiger partial charge in [-0.1, -0.05) is 139 Å². The van der Waals surface area contributed by atoms with Crippen LogP contribution in [0.25, 0.3) is 76.6 Å². The van der Waals surface area contributed by atoms with Crippen LogP contribution in [-0.4, -0.2) is 15.0 Å². The minimum Gasteiger partial charge on any atom is -0.208 e. The zero-order valence-corrected chi connectivity index (χ0v) is 23.5. The Morgan fingerprint density at radius 3 is 1.40 bits per heavy atom. The number of benzene rings is 6. The van der Waals surface area contributed by atoms with Gasteiger partial charge in [-0.3, -0.25) is 0 Å². The van der Waals surface area contributed by atoms with Crippen LogP contribution in [0.4, 0.5) is 0 Å². The van der Waals surface area contributed by atoms with Crippen LogP contribution in [0.3, 0.4) is 0 Å². The van der Waals surface area contributed by atoms with Gasteiger partial charge in [0.25, 0.3) is 0 Å². The number of rotatable bonds is 5. The van der Waals surface area contributed by atoms with E-state index in [2.05, 4.69) is 0 Å². The van der Waals surface area contributed by atoms with E-state index >= 15 is 0 Å². The van der Waals surface area contributed by atoms with Crippen molar-refractivity contribution in [1.29, 1.82) is 0 Å². The fourth-order valence-corrected chi connectivity index (χ4v) is 6.01. The van der Waals surface area contributed by atoms with Crippen LogP contribution in [0.1, 0.15) is 9.60 Å². The van der Waals surface area contributed by atoms with Crippen molar-refractivity contribution < 1.29 is 9.60 Å². The summed E-state index contributed by atoms with van der Waals surface area (Å²) in [5.41, 5.74) is 5.59. The van der Waals surface area contributed by atoms with Gasteiger partial charge in [-0.05, 0) is 34.3 Å². The molecule has 0 atom stereocenters. The molecule has 3 nitrogen and oxygen atoms in total. The third-order valence-corrected chi connectivity index (χ3v) is 8.27. The van der Waals surface area contributed by atoms with Gasteiger partial charge in [0, 0.05) is 36.9 Å². The molecule has 2 aromatic heterocycles. The van der Waals surface area contributed by atoms with Crippen molar-refractivity contribution in [2.24, 2.45) is 0 Å². The molecular weight excluding hydrogens is 543 g/mol. The molecule has 4 heteroatoms. The van der Waals surface area contributed by atoms with Crippen molar-refractivity contribution in [3.63, 3.8) is 0 Å². The van der Waals surface area contributed by atoms with Gasteiger partial charge in [-0.25, -0.2) is 15.0 Å². The van der Waals surface area contributed by atoms with E-state index in [0.29, 0.717) is 22.8 Å². The van der Waals surface area contributed by atoms with Crippen LogP contribution < -0.4 is 0 Å². The summed E-state index contributed by atoms with van der Waals surface area (Å²) >= 11 is 1.01. The fourth-order valence-electron chi connectivity index (χ4n) is 5.04. The number of fused-ring (bicyclic) bond motifs is 3. The number of aromatic nitrogens is 3. The Morgan fingerprint density at radius 2 is 0.837 bits per heavy atom. The topological polar surface area (TPSA) is 38.7 Å². The molecule has 2 heterocycles. The Kier molecular flexibility index (Phi) is 4.72. The van der Waals surface area contributed by atoms with Crippen LogP contribution >= 0.6 is 11.3 Å². The fraction of sp³-hybridized carbons (Fsp3) is 0. The molecule has 0 saturated heterocycles. The van der Waals surface area contributed by atoms with Crippen molar-refractivity contribution in [2.75, 3.05) is 0 Å². The maximum absolute atomic E-state index is 9.28. The molecule has 0 spiro atoms. The Hall–Kier alpha value is -5.45. The van der Waals surface area contributed by atoms with E-state index in [1.807, 2.05) is 109 Å². The molecule has 8 rings (SSSR count). The molecule has 8 aromatic rings. The lowest BCUT2D eigenvalue weighted by Gasteiger charge is -2.10. The molecule has 0 N–H and O–H groups in total. The second kappa shape index (κ2) is 10.8. The summed E-state index contributed by atoms with van der Waals surface area (Å²) in [4.78, 5) is 14.4. The van der Waals surface area contributed by atoms with Crippen LogP contribution in [0.15, 0.2) is 151 Å². The van der Waals surface area contributed by atoms with Gasteiger partial charge in [-0.2, -0.15) is 0 Å². The lowest BCUT2D eigenvalue weighted by Crippen LogP contribution is -2.00. The van der Waals surface area contributed by atoms with E-state index in [0.717, 1.165) is 33.6 Å². The molecule has 0 aliphatic carbocycles. The van der Waals surface area contributed by atoms with Crippen LogP contribution in [0.5, 0.6) is 0 Å². The molecule has 0 aliphatic heterocycles. The number of hydrogen-bond acceptors (Lipinski definition) is 4. The highest BCUT2D eigenvalue weighted by atomic mass is 32.1. The minimum atomic E-state index is -0.424. The highest BCUT2D eigenvalue weighted by molar-refractivity contribution is 7.25. The van der Waals surface area contributed by atoms with Gasteiger partial charge in [0.2, 0.25) is 0 Å². The lowest BCUT2D eigenvalue weighted by molar-refractivity contribution is 1.07. The molecule has 202 valence electrons. The van der Waals surface area contributed by atoms with Crippen molar-refractivity contribution >= 4 is 31.5 Å². The Morgan fingerprint density at radius 1 is 0.395 bits per heavy atom. The lowest BCUT2D eigenvalue weighted by atomic mass is 10.0. The van der Waals surface area contributed by atoms with Crippen LogP contribution in [0, 0.1) is 0 Å². The highest BCUT2D eigenvalue weighted by Crippen LogP contribution is 2.36. The van der Waals surface area contributed by atoms with Crippen LogP contribution in [-0.2, 0) is 0 Å². The van der Waals surface area contributed by atoms with Gasteiger partial charge >= 0.3 is 0 Å². The van der Waals surface area contributed by atoms with E-state index in [1.165, 1.54) is 0 Å². The standard InChI is InChI=1S/C39H25N3S/c1-3-9-26(10-4-1)28-15-19-30(20-16-28)37-40-38(31-21-17-29(18-22-31)27-11-5-2-6-12-27)42-39(41-37)32-23-24-34-33-13-7-8-14-35(33)43-36(34)25-32/h1-25H/i7D,8D,13D,14D,23D,24D,25D. The summed E-state index contributed by atoms with van der Waals surface area (Å²) in [6, 6.07) is 33.6. The van der Waals surface area contributed by atoms with E-state index in [4.69, 9.17) is 23.2 Å². The predicted molar refractivity (Wildman–Crippen MR) is 180 cm³/mol. The molecule has 0 unspecified atom stereocenters. The first-order chi connectivity index (χ1) is 24.2. The summed E-state index contributed by atoms with van der Waals surface area (Å²) in [6.45, 7) is 0. The summed E-state index contributed by atoms with van der Waals surface area (Å²) < 4.78 is 61.3. The van der Waals surface area contributed by atoms with Gasteiger partial charge in [0.15, 0.2) is 17.5 Å². The first kappa shape index (κ1) is 18.9. The second-order valence-electron chi connectivity index (χ2n) is 9.95. The summed E-state index contributed by atoms with van der Waals surface area (Å²) in [5, 5.41) is 0.293. The first-order valence-electron chi connectivity index (χ1n) is 17.2. The molecule has 0 bridgehead atoms. The Balaban J connectivity index is 1.34. The molecule has 6 aromatic carbocycles. The summed E-state index contributed by atoms with van der Waals surface area (Å²) in [7, 11) is 0. The van der Waals surface area contributed by atoms with Crippen molar-refractivity contribution in [3.8, 4) is 56.4 Å². The number of thiophene rings is 1. The highest BCUT2D eigenvalue weighted by Gasteiger charge is 2.14. The van der Waals surface area contributed by atoms with Gasteiger partial charge in [0.1, 0.15) is 0 Å². The smallest absolute Gasteiger partial charge is 0.164 e. The molecule has 0 amide bonds. The first-order valence-corrected chi connectivity index (χ1v) is 14.5. The van der Waals surface area contributed by atoms with E-state index in [9.17, 15) is 1.37 Å². The third-order valence-electron chi connectivity index (χ3n) is 7.24. The quantitative estimate of drug-likeness (QED) is 0.205. The maximum Gasteiger partial charge on any atom is 0.164 e. The zero-order valence-electron chi connectivity index (χ0n) is 29.6. The molecule has 0 aliphatic rings. The largest absolute Gasteiger partial charge is 0.208 e. The number of nitrogens with zero attached hydrogens (tertiary/aromatic N) is 3. The van der Waals surface area contributed by atoms with Crippen molar-refractivity contribution in [3.05, 3.63) is 151 Å². The van der Waals surface area contributed by atoms with Crippen molar-refractivity contribution in [2.45, 2.75) is 0 Å². The van der Waals surface area contributed by atoms with Crippen LogP contribution in [0.2, 0.25) is 0 Å². The van der Waals surface area contributed by atoms with E-state index in [1.54, 1.807) is 0 Å². The average Bonchev–Trinajstić information content (AvgIpc) is 3.58. The monoisotopic (exact) mass is 574 g/mol. The maximum atomic E-state index is 9.28. The average molecular weight is 575 g/mol. The SMILES string of the molecule is [2H]c1c([2H])c([2H])c2c(sc3c([2H])c(-c4nc(-c5ccc(-c6ccccc6)cc5)nc(-c5ccc(-c6ccccc6)cc5)n4)c([2H])c([2H])c32)c1[2H]. The van der Waals surface area contributed by atoms with E-state index < -0.39 is 6.04 Å². The Labute approximate surface area is 263 Å². The number of hydrogen-bond donors (Lipinski definition) is 0. The van der Waals surface area contributed by atoms with Gasteiger partial charge in [0.05, 0.1) is 9.60 Å². The normalized spacial score (nSPS) is 13.5. The summed E-state index contributed by atoms with van der Waals surface area (Å²) in [6.07, 6.45) is 0. The van der Waals surface area contributed by atoms with Gasteiger partial charge < -0.3 is 0 Å². The van der Waals surface area contributed by atoms with Crippen molar-refractivity contribution in [1.82, 2.24) is 15.0 Å². The Bertz CT molecular complexity index is 2490. The van der Waals surface area contributed by atoms with E-state index in [-0.39, 0.29) is 67.8 Å². The molecule has 0 saturated carbocycles. The minimum absolute atomic E-state index is 0.0241. The molecule has 0 radical (unpaired) electrons. The summed E-state index contributed by atoms with van der Waals surface area (Å²) in [5.74, 6) is 0.711. The van der Waals surface area contributed by atoms with Gasteiger partial charge in [-0.15, -0.1) is 11.3 Å². The molecular formula is C39H25N3S. The second-order valence-corrected chi connectivity index (χ2v) is 11.0. The molecule has 0 fully saturated rings. The third kappa shape index (κ3) is 4.88.